The second kappa shape index (κ2) is 9.10. The summed E-state index contributed by atoms with van der Waals surface area (Å²) in [5.41, 5.74) is 5.69. The highest BCUT2D eigenvalue weighted by Crippen LogP contribution is 2.22. The number of rotatable bonds is 6. The topological polar surface area (TPSA) is 57.6 Å². The number of nitrogens with one attached hydrogen (secondary N) is 1. The van der Waals surface area contributed by atoms with E-state index in [4.69, 9.17) is 0 Å². The van der Waals surface area contributed by atoms with Gasteiger partial charge in [-0.25, -0.2) is 0 Å². The van der Waals surface area contributed by atoms with Crippen LogP contribution >= 0.6 is 0 Å². The second-order valence-electron chi connectivity index (χ2n) is 8.77. The van der Waals surface area contributed by atoms with Gasteiger partial charge in [0.2, 0.25) is 11.8 Å². The summed E-state index contributed by atoms with van der Waals surface area (Å²) in [6.45, 7) is 9.47. The lowest BCUT2D eigenvalue weighted by Gasteiger charge is -2.33. The molecule has 1 aromatic heterocycles. The minimum absolute atomic E-state index is 0.0298. The van der Waals surface area contributed by atoms with Crippen molar-refractivity contribution in [3.8, 4) is 5.69 Å². The normalized spacial score (nSPS) is 17.3. The van der Waals surface area contributed by atoms with Crippen LogP contribution in [0.2, 0.25) is 0 Å². The highest BCUT2D eigenvalue weighted by molar-refractivity contribution is 5.92. The molecule has 6 nitrogen and oxygen atoms in total. The third kappa shape index (κ3) is 5.25. The molecule has 1 saturated carbocycles. The van der Waals surface area contributed by atoms with E-state index in [2.05, 4.69) is 65.9 Å². The van der Waals surface area contributed by atoms with Crippen LogP contribution in [0.25, 0.3) is 11.8 Å². The lowest BCUT2D eigenvalue weighted by Crippen LogP contribution is -2.51. The molecular formula is C25H32N4O2. The van der Waals surface area contributed by atoms with Crippen LogP contribution in [0.5, 0.6) is 0 Å². The number of benzene rings is 1. The molecule has 4 rings (SSSR count). The standard InChI is InChI=1S/C25H32N4O2/c1-18-4-9-23(10-5-18)29-19(2)16-21(20(29)3)6-11-25(31)28-14-12-27(13-15-28)17-24(30)26-22-7-8-22/h4-6,9-11,16,22H,7-8,12-15,17H2,1-3H3,(H,26,30). The van der Waals surface area contributed by atoms with Gasteiger partial charge in [0.15, 0.2) is 0 Å². The van der Waals surface area contributed by atoms with Crippen LogP contribution in [0.1, 0.15) is 35.4 Å². The number of carbonyl (C=O) groups is 2. The molecule has 2 fully saturated rings. The van der Waals surface area contributed by atoms with E-state index < -0.39 is 0 Å². The summed E-state index contributed by atoms with van der Waals surface area (Å²) in [5, 5.41) is 3.03. The maximum Gasteiger partial charge on any atom is 0.246 e. The quantitative estimate of drug-likeness (QED) is 0.731. The molecule has 0 atom stereocenters. The number of hydrogen-bond donors (Lipinski definition) is 1. The van der Waals surface area contributed by atoms with E-state index in [0.29, 0.717) is 25.7 Å². The van der Waals surface area contributed by atoms with Gasteiger partial charge < -0.3 is 14.8 Å². The van der Waals surface area contributed by atoms with Crippen molar-refractivity contribution in [1.29, 1.82) is 0 Å². The zero-order chi connectivity index (χ0) is 22.0. The summed E-state index contributed by atoms with van der Waals surface area (Å²) in [6, 6.07) is 11.0. The molecule has 2 aliphatic rings. The maximum atomic E-state index is 12.7. The highest BCUT2D eigenvalue weighted by atomic mass is 16.2. The average Bonchev–Trinajstić information content (AvgIpc) is 3.51. The Morgan fingerprint density at radius 2 is 1.71 bits per heavy atom. The second-order valence-corrected chi connectivity index (χ2v) is 8.77. The molecule has 2 heterocycles. The van der Waals surface area contributed by atoms with Crippen molar-refractivity contribution >= 4 is 17.9 Å². The fourth-order valence-corrected chi connectivity index (χ4v) is 4.14. The zero-order valence-electron chi connectivity index (χ0n) is 18.7. The molecule has 2 amide bonds. The van der Waals surface area contributed by atoms with Gasteiger partial charge in [-0.1, -0.05) is 17.7 Å². The van der Waals surface area contributed by atoms with E-state index >= 15 is 0 Å². The SMILES string of the molecule is Cc1ccc(-n2c(C)cc(C=CC(=O)N3CCN(CC(=O)NC4CC4)CC3)c2C)cc1. The van der Waals surface area contributed by atoms with E-state index in [-0.39, 0.29) is 11.8 Å². The third-order valence-corrected chi connectivity index (χ3v) is 6.16. The first-order chi connectivity index (χ1) is 14.9. The molecule has 1 aromatic carbocycles. The van der Waals surface area contributed by atoms with Crippen LogP contribution in [0.15, 0.2) is 36.4 Å². The molecule has 164 valence electrons. The van der Waals surface area contributed by atoms with Gasteiger partial charge in [0.05, 0.1) is 6.54 Å². The summed E-state index contributed by atoms with van der Waals surface area (Å²) < 4.78 is 2.22. The number of carbonyl (C=O) groups excluding carboxylic acids is 2. The van der Waals surface area contributed by atoms with Crippen molar-refractivity contribution in [1.82, 2.24) is 19.7 Å². The predicted molar refractivity (Wildman–Crippen MR) is 123 cm³/mol. The van der Waals surface area contributed by atoms with Gasteiger partial charge in [0.1, 0.15) is 0 Å². The van der Waals surface area contributed by atoms with E-state index in [1.807, 2.05) is 11.0 Å². The summed E-state index contributed by atoms with van der Waals surface area (Å²) in [4.78, 5) is 28.7. The monoisotopic (exact) mass is 420 g/mol. The Labute approximate surface area is 184 Å². The third-order valence-electron chi connectivity index (χ3n) is 6.16. The summed E-state index contributed by atoms with van der Waals surface area (Å²) in [7, 11) is 0. The zero-order valence-corrected chi connectivity index (χ0v) is 18.7. The Morgan fingerprint density at radius 1 is 1.03 bits per heavy atom. The molecule has 0 spiro atoms. The van der Waals surface area contributed by atoms with Gasteiger partial charge in [-0.3, -0.25) is 14.5 Å². The lowest BCUT2D eigenvalue weighted by molar-refractivity contribution is -0.128. The van der Waals surface area contributed by atoms with Crippen LogP contribution < -0.4 is 5.32 Å². The number of aromatic nitrogens is 1. The van der Waals surface area contributed by atoms with Gasteiger partial charge in [-0.05, 0) is 63.5 Å². The Bertz CT molecular complexity index is 978. The molecule has 1 saturated heterocycles. The van der Waals surface area contributed by atoms with Crippen molar-refractivity contribution < 1.29 is 9.59 Å². The molecule has 1 aliphatic heterocycles. The first-order valence-corrected chi connectivity index (χ1v) is 11.2. The predicted octanol–water partition coefficient (Wildman–Crippen LogP) is 2.84. The fraction of sp³-hybridized carbons (Fsp3) is 0.440. The van der Waals surface area contributed by atoms with Gasteiger partial charge in [-0.2, -0.15) is 0 Å². The van der Waals surface area contributed by atoms with Gasteiger partial charge in [0, 0.05) is 55.4 Å². The fourth-order valence-electron chi connectivity index (χ4n) is 4.14. The molecule has 1 aliphatic carbocycles. The Hall–Kier alpha value is -2.86. The van der Waals surface area contributed by atoms with E-state index in [1.165, 1.54) is 5.56 Å². The van der Waals surface area contributed by atoms with E-state index in [1.54, 1.807) is 6.08 Å². The average molecular weight is 421 g/mol. The Balaban J connectivity index is 1.34. The molecule has 1 N–H and O–H groups in total. The molecule has 6 heteroatoms. The summed E-state index contributed by atoms with van der Waals surface area (Å²) in [5.74, 6) is 0.133. The maximum absolute atomic E-state index is 12.7. The van der Waals surface area contributed by atoms with Crippen LogP contribution in [0, 0.1) is 20.8 Å². The molecule has 0 radical (unpaired) electrons. The van der Waals surface area contributed by atoms with Crippen molar-refractivity contribution in [2.75, 3.05) is 32.7 Å². The summed E-state index contributed by atoms with van der Waals surface area (Å²) >= 11 is 0. The molecular weight excluding hydrogens is 388 g/mol. The smallest absolute Gasteiger partial charge is 0.246 e. The number of piperazine rings is 1. The Morgan fingerprint density at radius 3 is 2.35 bits per heavy atom. The van der Waals surface area contributed by atoms with Crippen LogP contribution in [-0.4, -0.2) is 64.9 Å². The van der Waals surface area contributed by atoms with Crippen molar-refractivity contribution in [3.05, 3.63) is 58.9 Å². The molecule has 2 aromatic rings. The van der Waals surface area contributed by atoms with E-state index in [0.717, 1.165) is 48.6 Å². The largest absolute Gasteiger partial charge is 0.352 e. The van der Waals surface area contributed by atoms with Gasteiger partial charge in [0.25, 0.3) is 0 Å². The molecule has 31 heavy (non-hydrogen) atoms. The van der Waals surface area contributed by atoms with E-state index in [9.17, 15) is 9.59 Å². The molecule has 0 unspecified atom stereocenters. The first-order valence-electron chi connectivity index (χ1n) is 11.2. The number of hydrogen-bond acceptors (Lipinski definition) is 3. The minimum atomic E-state index is 0.0298. The number of nitrogens with zero attached hydrogens (tertiary/aromatic N) is 3. The van der Waals surface area contributed by atoms with Crippen molar-refractivity contribution in [2.24, 2.45) is 0 Å². The van der Waals surface area contributed by atoms with Crippen molar-refractivity contribution in [2.45, 2.75) is 39.7 Å². The Kier molecular flexibility index (Phi) is 6.28. The lowest BCUT2D eigenvalue weighted by atomic mass is 10.2. The first kappa shape index (κ1) is 21.4. The summed E-state index contributed by atoms with van der Waals surface area (Å²) in [6.07, 6.45) is 5.81. The van der Waals surface area contributed by atoms with Crippen LogP contribution in [0.4, 0.5) is 0 Å². The molecule has 0 bridgehead atoms. The highest BCUT2D eigenvalue weighted by Gasteiger charge is 2.26. The van der Waals surface area contributed by atoms with Crippen LogP contribution in [-0.2, 0) is 9.59 Å². The number of amides is 2. The van der Waals surface area contributed by atoms with Crippen LogP contribution in [0.3, 0.4) is 0 Å². The minimum Gasteiger partial charge on any atom is -0.352 e. The van der Waals surface area contributed by atoms with Gasteiger partial charge >= 0.3 is 0 Å². The van der Waals surface area contributed by atoms with Gasteiger partial charge in [-0.15, -0.1) is 0 Å². The number of aryl methyl sites for hydroxylation is 2. The van der Waals surface area contributed by atoms with Crippen molar-refractivity contribution in [3.63, 3.8) is 0 Å².